The highest BCUT2D eigenvalue weighted by Gasteiger charge is 2.34. The van der Waals surface area contributed by atoms with Crippen molar-refractivity contribution in [3.63, 3.8) is 0 Å². The second-order valence-corrected chi connectivity index (χ2v) is 8.66. The molecule has 170 valence electrons. The van der Waals surface area contributed by atoms with E-state index in [0.717, 1.165) is 23.2 Å². The minimum Gasteiger partial charge on any atom is -0.497 e. The van der Waals surface area contributed by atoms with Gasteiger partial charge in [0, 0.05) is 23.0 Å². The van der Waals surface area contributed by atoms with Gasteiger partial charge in [-0.05, 0) is 47.9 Å². The monoisotopic (exact) mass is 462 g/mol. The molecule has 1 fully saturated rings. The quantitative estimate of drug-likeness (QED) is 0.516. The summed E-state index contributed by atoms with van der Waals surface area (Å²) >= 11 is 1.61. The first kappa shape index (κ1) is 22.7. The van der Waals surface area contributed by atoms with E-state index in [-0.39, 0.29) is 17.2 Å². The molecule has 1 N–H and O–H groups in total. The molecule has 3 aromatic carbocycles. The van der Waals surface area contributed by atoms with E-state index in [1.807, 2.05) is 47.4 Å². The fraction of sp³-hybridized carbons (Fsp3) is 0.231. The second-order valence-electron chi connectivity index (χ2n) is 7.59. The first-order valence-electron chi connectivity index (χ1n) is 10.7. The maximum absolute atomic E-state index is 12.8. The Morgan fingerprint density at radius 1 is 1.03 bits per heavy atom. The molecule has 0 aromatic heterocycles. The van der Waals surface area contributed by atoms with Crippen molar-refractivity contribution in [1.29, 1.82) is 0 Å². The summed E-state index contributed by atoms with van der Waals surface area (Å²) in [6.45, 7) is 2.09. The molecule has 1 atom stereocenters. The van der Waals surface area contributed by atoms with Crippen molar-refractivity contribution in [2.75, 3.05) is 30.2 Å². The summed E-state index contributed by atoms with van der Waals surface area (Å²) < 4.78 is 10.5. The predicted octanol–water partition coefficient (Wildman–Crippen LogP) is 5.30. The largest absolute Gasteiger partial charge is 0.497 e. The molecule has 33 heavy (non-hydrogen) atoms. The number of nitrogens with one attached hydrogen (secondary N) is 1. The smallest absolute Gasteiger partial charge is 0.255 e. The highest BCUT2D eigenvalue weighted by Crippen LogP contribution is 2.43. The lowest BCUT2D eigenvalue weighted by atomic mass is 10.1. The van der Waals surface area contributed by atoms with E-state index in [1.165, 1.54) is 0 Å². The van der Waals surface area contributed by atoms with Gasteiger partial charge in [0.05, 0.1) is 20.0 Å². The molecule has 2 amide bonds. The van der Waals surface area contributed by atoms with Crippen molar-refractivity contribution in [3.05, 3.63) is 83.4 Å². The van der Waals surface area contributed by atoms with Crippen LogP contribution in [0.2, 0.25) is 0 Å². The van der Waals surface area contributed by atoms with Gasteiger partial charge in [-0.2, -0.15) is 0 Å². The molecule has 1 aliphatic rings. The maximum Gasteiger partial charge on any atom is 0.255 e. The molecule has 0 aliphatic carbocycles. The van der Waals surface area contributed by atoms with Gasteiger partial charge in [-0.1, -0.05) is 37.3 Å². The van der Waals surface area contributed by atoms with E-state index in [1.54, 1.807) is 44.2 Å². The van der Waals surface area contributed by atoms with Crippen LogP contribution in [0.25, 0.3) is 0 Å². The zero-order valence-electron chi connectivity index (χ0n) is 18.8. The third kappa shape index (κ3) is 4.83. The van der Waals surface area contributed by atoms with E-state index in [0.29, 0.717) is 28.5 Å². The van der Waals surface area contributed by atoms with Crippen molar-refractivity contribution in [3.8, 4) is 11.5 Å². The molecule has 7 heteroatoms. The molecule has 0 saturated carbocycles. The average Bonchev–Trinajstić information content (AvgIpc) is 3.24. The number of benzene rings is 3. The number of amides is 2. The van der Waals surface area contributed by atoms with Gasteiger partial charge >= 0.3 is 0 Å². The molecule has 0 radical (unpaired) electrons. The number of para-hydroxylation sites is 1. The Morgan fingerprint density at radius 2 is 1.70 bits per heavy atom. The van der Waals surface area contributed by atoms with Gasteiger partial charge in [-0.15, -0.1) is 11.8 Å². The Hall–Kier alpha value is -3.45. The van der Waals surface area contributed by atoms with Gasteiger partial charge in [0.2, 0.25) is 5.91 Å². The Morgan fingerprint density at radius 3 is 2.33 bits per heavy atom. The zero-order chi connectivity index (χ0) is 23.4. The van der Waals surface area contributed by atoms with Crippen LogP contribution < -0.4 is 19.7 Å². The Balaban J connectivity index is 1.53. The summed E-state index contributed by atoms with van der Waals surface area (Å²) in [6, 6.07) is 20.7. The lowest BCUT2D eigenvalue weighted by molar-refractivity contribution is -0.115. The molecule has 1 aliphatic heterocycles. The van der Waals surface area contributed by atoms with Crippen molar-refractivity contribution in [2.45, 2.75) is 18.7 Å². The first-order valence-corrected chi connectivity index (χ1v) is 11.7. The molecule has 3 aromatic rings. The lowest BCUT2D eigenvalue weighted by Crippen LogP contribution is -2.28. The Bertz CT molecular complexity index is 1140. The van der Waals surface area contributed by atoms with Crippen LogP contribution in [0.15, 0.2) is 66.7 Å². The summed E-state index contributed by atoms with van der Waals surface area (Å²) in [5, 5.41) is 2.81. The van der Waals surface area contributed by atoms with E-state index >= 15 is 0 Å². The number of carbonyl (C=O) groups excluding carboxylic acids is 2. The Kier molecular flexibility index (Phi) is 6.89. The van der Waals surface area contributed by atoms with Crippen LogP contribution in [-0.4, -0.2) is 31.8 Å². The topological polar surface area (TPSA) is 67.9 Å². The lowest BCUT2D eigenvalue weighted by Gasteiger charge is -2.26. The maximum atomic E-state index is 12.8. The fourth-order valence-electron chi connectivity index (χ4n) is 3.85. The third-order valence-electron chi connectivity index (χ3n) is 5.57. The number of hydrogen-bond donors (Lipinski definition) is 1. The molecule has 6 nitrogen and oxygen atoms in total. The summed E-state index contributed by atoms with van der Waals surface area (Å²) in [7, 11) is 3.09. The van der Waals surface area contributed by atoms with Crippen LogP contribution in [0.4, 0.5) is 11.4 Å². The molecule has 0 bridgehead atoms. The normalized spacial score (nSPS) is 15.4. The highest BCUT2D eigenvalue weighted by atomic mass is 32.2. The van der Waals surface area contributed by atoms with Crippen molar-refractivity contribution in [1.82, 2.24) is 0 Å². The van der Waals surface area contributed by atoms with E-state index in [9.17, 15) is 9.59 Å². The van der Waals surface area contributed by atoms with Gasteiger partial charge in [0.25, 0.3) is 5.91 Å². The van der Waals surface area contributed by atoms with E-state index < -0.39 is 0 Å². The molecule has 0 spiro atoms. The number of carbonyl (C=O) groups is 2. The number of anilines is 2. The number of rotatable bonds is 7. The summed E-state index contributed by atoms with van der Waals surface area (Å²) in [6.07, 6.45) is 0.858. The number of hydrogen-bond acceptors (Lipinski definition) is 5. The molecular weight excluding hydrogens is 436 g/mol. The van der Waals surface area contributed by atoms with Crippen LogP contribution in [-0.2, 0) is 11.2 Å². The fourth-order valence-corrected chi connectivity index (χ4v) is 5.02. The van der Waals surface area contributed by atoms with E-state index in [2.05, 4.69) is 18.3 Å². The SMILES string of the molecule is CCc1ccccc1N1C(=O)CSC1c1ccc(NC(=O)c2cc(OC)cc(OC)c2)cc1. The summed E-state index contributed by atoms with van der Waals surface area (Å²) in [5.74, 6) is 1.38. The van der Waals surface area contributed by atoms with Crippen molar-refractivity contribution < 1.29 is 19.1 Å². The Labute approximate surface area is 197 Å². The number of aryl methyl sites for hydroxylation is 1. The van der Waals surface area contributed by atoms with Crippen LogP contribution in [0.3, 0.4) is 0 Å². The summed E-state index contributed by atoms with van der Waals surface area (Å²) in [5.41, 5.74) is 4.23. The minimum absolute atomic E-state index is 0.0994. The molecule has 1 heterocycles. The summed E-state index contributed by atoms with van der Waals surface area (Å²) in [4.78, 5) is 27.4. The van der Waals surface area contributed by atoms with Gasteiger partial charge in [0.15, 0.2) is 0 Å². The zero-order valence-corrected chi connectivity index (χ0v) is 19.6. The number of ether oxygens (including phenoxy) is 2. The minimum atomic E-state index is -0.260. The van der Waals surface area contributed by atoms with Gasteiger partial charge in [0.1, 0.15) is 16.9 Å². The van der Waals surface area contributed by atoms with Gasteiger partial charge in [-0.3, -0.25) is 14.5 Å². The van der Waals surface area contributed by atoms with Crippen LogP contribution >= 0.6 is 11.8 Å². The number of methoxy groups -OCH3 is 2. The van der Waals surface area contributed by atoms with Gasteiger partial charge < -0.3 is 14.8 Å². The third-order valence-corrected chi connectivity index (χ3v) is 6.78. The van der Waals surface area contributed by atoms with Crippen molar-refractivity contribution in [2.24, 2.45) is 0 Å². The first-order chi connectivity index (χ1) is 16.0. The average molecular weight is 463 g/mol. The number of thioether (sulfide) groups is 1. The van der Waals surface area contributed by atoms with Gasteiger partial charge in [-0.25, -0.2) is 0 Å². The van der Waals surface area contributed by atoms with E-state index in [4.69, 9.17) is 9.47 Å². The van der Waals surface area contributed by atoms with Crippen LogP contribution in [0, 0.1) is 0 Å². The van der Waals surface area contributed by atoms with Crippen LogP contribution in [0.5, 0.6) is 11.5 Å². The number of nitrogens with zero attached hydrogens (tertiary/aromatic N) is 1. The molecule has 1 saturated heterocycles. The molecule has 1 unspecified atom stereocenters. The van der Waals surface area contributed by atoms with Crippen LogP contribution in [0.1, 0.15) is 33.8 Å². The standard InChI is InChI=1S/C26H26N2O4S/c1-4-17-7-5-6-8-23(17)28-24(29)16-33-26(28)18-9-11-20(12-10-18)27-25(30)19-13-21(31-2)15-22(14-19)32-3/h5-15,26H,4,16H2,1-3H3,(H,27,30). The molecular formula is C26H26N2O4S. The highest BCUT2D eigenvalue weighted by molar-refractivity contribution is 8.00. The molecule has 4 rings (SSSR count). The second kappa shape index (κ2) is 10.0. The predicted molar refractivity (Wildman–Crippen MR) is 132 cm³/mol. The van der Waals surface area contributed by atoms with Crippen molar-refractivity contribution >= 4 is 35.0 Å².